The molecule has 1 aliphatic rings. The molecule has 1 aliphatic heterocycles. The van der Waals surface area contributed by atoms with Gasteiger partial charge in [0, 0.05) is 47.5 Å². The first kappa shape index (κ1) is 26.7. The summed E-state index contributed by atoms with van der Waals surface area (Å²) in [5, 5.41) is 15.3. The lowest BCUT2D eigenvalue weighted by molar-refractivity contribution is -0.137. The first-order valence-corrected chi connectivity index (χ1v) is 12.4. The van der Waals surface area contributed by atoms with Gasteiger partial charge in [0.15, 0.2) is 0 Å². The molecule has 40 heavy (non-hydrogen) atoms. The van der Waals surface area contributed by atoms with E-state index >= 15 is 0 Å². The number of nitrogens with zero attached hydrogens (tertiary/aromatic N) is 1. The van der Waals surface area contributed by atoms with Gasteiger partial charge in [-0.2, -0.15) is 13.2 Å². The molecule has 6 nitrogen and oxygen atoms in total. The number of rotatable bonds is 6. The summed E-state index contributed by atoms with van der Waals surface area (Å²) >= 11 is 0. The molecule has 0 fully saturated rings. The molecule has 0 radical (unpaired) electrons. The van der Waals surface area contributed by atoms with Crippen molar-refractivity contribution in [2.75, 3.05) is 10.6 Å². The van der Waals surface area contributed by atoms with E-state index in [1.807, 2.05) is 53.4 Å². The van der Waals surface area contributed by atoms with E-state index in [9.17, 15) is 27.9 Å². The van der Waals surface area contributed by atoms with Crippen LogP contribution in [-0.2, 0) is 22.2 Å². The van der Waals surface area contributed by atoms with Crippen molar-refractivity contribution in [1.82, 2.24) is 4.57 Å². The van der Waals surface area contributed by atoms with Crippen LogP contribution in [-0.4, -0.2) is 27.6 Å². The molecule has 2 heterocycles. The van der Waals surface area contributed by atoms with E-state index in [4.69, 9.17) is 0 Å². The smallest absolute Gasteiger partial charge is 0.383 e. The highest BCUT2D eigenvalue weighted by atomic mass is 19.4. The Bertz CT molecular complexity index is 1590. The van der Waals surface area contributed by atoms with Crippen LogP contribution in [0.1, 0.15) is 22.3 Å². The highest BCUT2D eigenvalue weighted by Gasteiger charge is 2.30. The number of fused-ring (bicyclic) bond motifs is 1. The lowest BCUT2D eigenvalue weighted by Crippen LogP contribution is -2.34. The second-order valence-electron chi connectivity index (χ2n) is 9.18. The monoisotopic (exact) mass is 543 g/mol. The Labute approximate surface area is 228 Å². The predicted molar refractivity (Wildman–Crippen MR) is 147 cm³/mol. The van der Waals surface area contributed by atoms with Gasteiger partial charge in [0.25, 0.3) is 5.91 Å². The maximum Gasteiger partial charge on any atom is 0.416 e. The summed E-state index contributed by atoms with van der Waals surface area (Å²) in [4.78, 5) is 24.5. The van der Waals surface area contributed by atoms with Gasteiger partial charge in [0.1, 0.15) is 6.10 Å². The van der Waals surface area contributed by atoms with Gasteiger partial charge in [-0.3, -0.25) is 9.59 Å². The van der Waals surface area contributed by atoms with Gasteiger partial charge in [0.05, 0.1) is 5.56 Å². The number of carbonyl (C=O) groups is 2. The van der Waals surface area contributed by atoms with Crippen molar-refractivity contribution in [3.05, 3.63) is 132 Å². The third-order valence-corrected chi connectivity index (χ3v) is 6.51. The Hall–Kier alpha value is -4.89. The number of amides is 2. The fourth-order valence-corrected chi connectivity index (χ4v) is 4.47. The number of nitrogens with one attached hydrogen (secondary N) is 2. The molecule has 9 heteroatoms. The Kier molecular flexibility index (Phi) is 7.39. The van der Waals surface area contributed by atoms with Crippen LogP contribution in [0, 0.1) is 0 Å². The van der Waals surface area contributed by atoms with Crippen LogP contribution in [0.5, 0.6) is 0 Å². The minimum atomic E-state index is -4.45. The van der Waals surface area contributed by atoms with Crippen LogP contribution < -0.4 is 10.6 Å². The zero-order valence-electron chi connectivity index (χ0n) is 21.0. The van der Waals surface area contributed by atoms with Gasteiger partial charge in [-0.05, 0) is 65.2 Å². The molecule has 1 unspecified atom stereocenters. The maximum absolute atomic E-state index is 13.1. The van der Waals surface area contributed by atoms with Gasteiger partial charge in [0.2, 0.25) is 5.91 Å². The second-order valence-corrected chi connectivity index (χ2v) is 9.18. The topological polar surface area (TPSA) is 83.4 Å². The number of anilines is 2. The molecule has 0 bridgehead atoms. The standard InChI is InChI=1S/C31H24F3N3O3/c32-31(33,34)22-13-9-20(10-14-22)24(21-11-15-23(16-12-21)37-17-1-2-18-37)5-3-8-29(39)35-26-6-4-7-27-25(26)19-28(38)30(40)36-27/h1-18,28,38H,19H2,(H,35,39)(H,36,40)/b8-3+,24-5-. The molecule has 3 aromatic carbocycles. The second kappa shape index (κ2) is 11.1. The Morgan fingerprint density at radius 1 is 0.950 bits per heavy atom. The zero-order chi connectivity index (χ0) is 28.3. The highest BCUT2D eigenvalue weighted by Crippen LogP contribution is 2.32. The number of hydrogen-bond donors (Lipinski definition) is 3. The third-order valence-electron chi connectivity index (χ3n) is 6.51. The van der Waals surface area contributed by atoms with Gasteiger partial charge in [-0.25, -0.2) is 0 Å². The van der Waals surface area contributed by atoms with Crippen molar-refractivity contribution in [1.29, 1.82) is 0 Å². The van der Waals surface area contributed by atoms with E-state index in [1.165, 1.54) is 24.3 Å². The minimum Gasteiger partial charge on any atom is -0.383 e. The Balaban J connectivity index is 1.41. The van der Waals surface area contributed by atoms with Crippen LogP contribution >= 0.6 is 0 Å². The fraction of sp³-hybridized carbons (Fsp3) is 0.0968. The highest BCUT2D eigenvalue weighted by molar-refractivity contribution is 6.03. The number of benzene rings is 3. The Morgan fingerprint density at radius 3 is 2.25 bits per heavy atom. The number of aliphatic hydroxyl groups excluding tert-OH is 1. The lowest BCUT2D eigenvalue weighted by Gasteiger charge is -2.23. The molecule has 0 spiro atoms. The number of aliphatic hydroxyl groups is 1. The summed E-state index contributed by atoms with van der Waals surface area (Å²) in [6.07, 6.45) is 2.70. The molecule has 0 saturated carbocycles. The zero-order valence-corrected chi connectivity index (χ0v) is 21.0. The van der Waals surface area contributed by atoms with E-state index in [2.05, 4.69) is 10.6 Å². The summed E-state index contributed by atoms with van der Waals surface area (Å²) in [6.45, 7) is 0. The van der Waals surface area contributed by atoms with Crippen molar-refractivity contribution in [2.45, 2.75) is 18.7 Å². The number of carbonyl (C=O) groups excluding carboxylic acids is 2. The summed E-state index contributed by atoms with van der Waals surface area (Å²) in [6, 6.07) is 21.2. The SMILES string of the molecule is O=C(/C=C/C=C(\c1ccc(-n2cccc2)cc1)c1ccc(C(F)(F)F)cc1)Nc1cccc2c1CC(O)C(=O)N2. The largest absolute Gasteiger partial charge is 0.416 e. The van der Waals surface area contributed by atoms with Crippen LogP contribution in [0.4, 0.5) is 24.5 Å². The molecule has 2 amide bonds. The van der Waals surface area contributed by atoms with E-state index in [1.54, 1.807) is 24.3 Å². The molecule has 5 rings (SSSR count). The van der Waals surface area contributed by atoms with Gasteiger partial charge < -0.3 is 20.3 Å². The minimum absolute atomic E-state index is 0.0678. The van der Waals surface area contributed by atoms with Crippen LogP contribution in [0.15, 0.2) is 109 Å². The number of aromatic nitrogens is 1. The molecular weight excluding hydrogens is 519 g/mol. The Morgan fingerprint density at radius 2 is 1.60 bits per heavy atom. The van der Waals surface area contributed by atoms with Crippen molar-refractivity contribution >= 4 is 28.8 Å². The summed E-state index contributed by atoms with van der Waals surface area (Å²) in [5.74, 6) is -0.955. The van der Waals surface area contributed by atoms with E-state index < -0.39 is 29.7 Å². The molecule has 0 saturated heterocycles. The summed E-state index contributed by atoms with van der Waals surface area (Å²) in [5.41, 5.74) is 3.68. The lowest BCUT2D eigenvalue weighted by atomic mass is 9.96. The van der Waals surface area contributed by atoms with Crippen LogP contribution in [0.25, 0.3) is 11.3 Å². The average molecular weight is 544 g/mol. The maximum atomic E-state index is 13.1. The first-order chi connectivity index (χ1) is 19.2. The van der Waals surface area contributed by atoms with E-state index in [0.717, 1.165) is 23.4 Å². The average Bonchev–Trinajstić information content (AvgIpc) is 3.47. The van der Waals surface area contributed by atoms with Crippen molar-refractivity contribution in [3.8, 4) is 5.69 Å². The first-order valence-electron chi connectivity index (χ1n) is 12.4. The van der Waals surface area contributed by atoms with Crippen LogP contribution in [0.2, 0.25) is 0 Å². The number of alkyl halides is 3. The number of hydrogen-bond acceptors (Lipinski definition) is 3. The van der Waals surface area contributed by atoms with Gasteiger partial charge in [-0.1, -0.05) is 42.5 Å². The van der Waals surface area contributed by atoms with Gasteiger partial charge in [-0.15, -0.1) is 0 Å². The van der Waals surface area contributed by atoms with Crippen molar-refractivity contribution in [2.24, 2.45) is 0 Å². The quantitative estimate of drug-likeness (QED) is 0.207. The summed E-state index contributed by atoms with van der Waals surface area (Å²) < 4.78 is 41.3. The van der Waals surface area contributed by atoms with Crippen molar-refractivity contribution < 1.29 is 27.9 Å². The molecule has 4 aromatic rings. The van der Waals surface area contributed by atoms with Gasteiger partial charge >= 0.3 is 6.18 Å². The molecule has 3 N–H and O–H groups in total. The van der Waals surface area contributed by atoms with Crippen molar-refractivity contribution in [3.63, 3.8) is 0 Å². The predicted octanol–water partition coefficient (Wildman–Crippen LogP) is 5.98. The van der Waals surface area contributed by atoms with E-state index in [-0.39, 0.29) is 6.42 Å². The summed E-state index contributed by atoms with van der Waals surface area (Å²) in [7, 11) is 0. The molecule has 202 valence electrons. The number of allylic oxidation sites excluding steroid dienone is 2. The van der Waals surface area contributed by atoms with Crippen LogP contribution in [0.3, 0.4) is 0 Å². The molecule has 1 atom stereocenters. The number of halogens is 3. The normalized spacial score (nSPS) is 15.6. The van der Waals surface area contributed by atoms with E-state index in [0.29, 0.717) is 28.1 Å². The molecular formula is C31H24F3N3O3. The fourth-order valence-electron chi connectivity index (χ4n) is 4.47. The molecule has 0 aliphatic carbocycles. The third kappa shape index (κ3) is 5.89. The molecule has 1 aromatic heterocycles.